The summed E-state index contributed by atoms with van der Waals surface area (Å²) in [5, 5.41) is 9.68. The van der Waals surface area contributed by atoms with E-state index in [9.17, 15) is 9.90 Å². The summed E-state index contributed by atoms with van der Waals surface area (Å²) in [4.78, 5) is 10.9. The minimum absolute atomic E-state index is 0.0490. The highest BCUT2D eigenvalue weighted by molar-refractivity contribution is 5.71. The molecule has 0 aliphatic carbocycles. The second kappa shape index (κ2) is 14.2. The Morgan fingerprint density at radius 1 is 1.04 bits per heavy atom. The first-order valence-electron chi connectivity index (χ1n) is 9.06. The van der Waals surface area contributed by atoms with Crippen LogP contribution < -0.4 is 0 Å². The number of aliphatic hydroxyl groups excluding tert-OH is 1. The number of rotatable bonds is 11. The van der Waals surface area contributed by atoms with Crippen LogP contribution in [0, 0.1) is 0 Å². The average molecular weight is 342 g/mol. The standard InChI is InChI=1S/C22H30O3/c1-2-3-12-15-20(23)16-13-10-8-6-4-5-7-9-11-14-17-21-18-19-22(24)25-21/h3-5,8-14,16-17,20-21,23H,2,6-7,15,18-19H2,1H3/t20-,21-/m0/s1. The largest absolute Gasteiger partial charge is 0.458 e. The molecule has 1 N–H and O–H groups in total. The van der Waals surface area contributed by atoms with E-state index < -0.39 is 6.10 Å². The molecule has 1 fully saturated rings. The Morgan fingerprint density at radius 3 is 2.40 bits per heavy atom. The van der Waals surface area contributed by atoms with Gasteiger partial charge in [0.25, 0.3) is 0 Å². The van der Waals surface area contributed by atoms with Crippen LogP contribution in [0.1, 0.15) is 45.4 Å². The van der Waals surface area contributed by atoms with Gasteiger partial charge in [-0.2, -0.15) is 0 Å². The van der Waals surface area contributed by atoms with E-state index in [1.807, 2.05) is 36.5 Å². The molecule has 0 aromatic carbocycles. The lowest BCUT2D eigenvalue weighted by molar-refractivity contribution is -0.139. The highest BCUT2D eigenvalue weighted by Crippen LogP contribution is 2.14. The lowest BCUT2D eigenvalue weighted by Crippen LogP contribution is -2.01. The zero-order valence-electron chi connectivity index (χ0n) is 15.1. The number of carbonyl (C=O) groups is 1. The van der Waals surface area contributed by atoms with Crippen LogP contribution in [0.15, 0.2) is 72.9 Å². The third-order valence-electron chi connectivity index (χ3n) is 3.56. The SMILES string of the molecule is CCC=CC[C@H](O)C=CC=CCC=CCC=CC=C[C@H]1CCC(=O)O1. The van der Waals surface area contributed by atoms with E-state index >= 15 is 0 Å². The number of carbonyl (C=O) groups excluding carboxylic acids is 1. The molecule has 0 aromatic rings. The van der Waals surface area contributed by atoms with Crippen LogP contribution in [0.5, 0.6) is 0 Å². The number of cyclic esters (lactones) is 1. The molecule has 0 bridgehead atoms. The number of esters is 1. The first kappa shape index (κ1) is 20.9. The zero-order valence-corrected chi connectivity index (χ0v) is 15.1. The fourth-order valence-electron chi connectivity index (χ4n) is 2.21. The third kappa shape index (κ3) is 12.0. The van der Waals surface area contributed by atoms with Gasteiger partial charge >= 0.3 is 5.97 Å². The first-order valence-corrected chi connectivity index (χ1v) is 9.06. The second-order valence-corrected chi connectivity index (χ2v) is 5.82. The predicted molar refractivity (Wildman–Crippen MR) is 104 cm³/mol. The number of hydrogen-bond donors (Lipinski definition) is 1. The third-order valence-corrected chi connectivity index (χ3v) is 3.56. The molecule has 0 aromatic heterocycles. The Hall–Kier alpha value is -2.13. The Kier molecular flexibility index (Phi) is 11.9. The summed E-state index contributed by atoms with van der Waals surface area (Å²) in [5.74, 6) is -0.104. The van der Waals surface area contributed by atoms with Crippen LogP contribution in [0.3, 0.4) is 0 Å². The maximum Gasteiger partial charge on any atom is 0.306 e. The van der Waals surface area contributed by atoms with Crippen LogP contribution in [-0.4, -0.2) is 23.3 Å². The van der Waals surface area contributed by atoms with E-state index in [1.54, 1.807) is 6.08 Å². The van der Waals surface area contributed by atoms with Gasteiger partial charge in [-0.25, -0.2) is 0 Å². The van der Waals surface area contributed by atoms with Gasteiger partial charge in [-0.3, -0.25) is 4.79 Å². The van der Waals surface area contributed by atoms with Gasteiger partial charge in [0.2, 0.25) is 0 Å². The van der Waals surface area contributed by atoms with Crippen LogP contribution in [0.25, 0.3) is 0 Å². The zero-order chi connectivity index (χ0) is 18.2. The monoisotopic (exact) mass is 342 g/mol. The maximum absolute atomic E-state index is 10.9. The van der Waals surface area contributed by atoms with Crippen molar-refractivity contribution in [3.05, 3.63) is 72.9 Å². The Morgan fingerprint density at radius 2 is 1.76 bits per heavy atom. The van der Waals surface area contributed by atoms with Gasteiger partial charge in [-0.15, -0.1) is 0 Å². The van der Waals surface area contributed by atoms with Crippen molar-refractivity contribution < 1.29 is 14.6 Å². The number of hydrogen-bond acceptors (Lipinski definition) is 3. The van der Waals surface area contributed by atoms with Crippen molar-refractivity contribution in [2.24, 2.45) is 0 Å². The van der Waals surface area contributed by atoms with E-state index in [2.05, 4.69) is 37.3 Å². The molecule has 1 aliphatic heterocycles. The fraction of sp³-hybridized carbons (Fsp3) is 0.409. The van der Waals surface area contributed by atoms with Crippen LogP contribution in [0.2, 0.25) is 0 Å². The molecule has 1 rings (SSSR count). The van der Waals surface area contributed by atoms with Crippen molar-refractivity contribution in [2.75, 3.05) is 0 Å². The Balaban J connectivity index is 2.07. The molecule has 2 atom stereocenters. The lowest BCUT2D eigenvalue weighted by atomic mass is 10.2. The summed E-state index contributed by atoms with van der Waals surface area (Å²) >= 11 is 0. The summed E-state index contributed by atoms with van der Waals surface area (Å²) < 4.78 is 5.09. The number of ether oxygens (including phenoxy) is 1. The van der Waals surface area contributed by atoms with Gasteiger partial charge < -0.3 is 9.84 Å². The smallest absolute Gasteiger partial charge is 0.306 e. The quantitative estimate of drug-likeness (QED) is 0.327. The molecule has 0 spiro atoms. The van der Waals surface area contributed by atoms with Gasteiger partial charge in [-0.1, -0.05) is 73.8 Å². The predicted octanol–water partition coefficient (Wildman–Crippen LogP) is 4.97. The van der Waals surface area contributed by atoms with Crippen LogP contribution in [0.4, 0.5) is 0 Å². The second-order valence-electron chi connectivity index (χ2n) is 5.82. The van der Waals surface area contributed by atoms with Crippen LogP contribution in [-0.2, 0) is 9.53 Å². The van der Waals surface area contributed by atoms with Crippen LogP contribution >= 0.6 is 0 Å². The maximum atomic E-state index is 10.9. The van der Waals surface area contributed by atoms with Crippen molar-refractivity contribution in [3.63, 3.8) is 0 Å². The van der Waals surface area contributed by atoms with Crippen molar-refractivity contribution >= 4 is 5.97 Å². The molecule has 25 heavy (non-hydrogen) atoms. The Bertz CT molecular complexity index is 535. The van der Waals surface area contributed by atoms with E-state index in [-0.39, 0.29) is 12.1 Å². The molecular formula is C22H30O3. The van der Waals surface area contributed by atoms with Crippen molar-refractivity contribution in [1.82, 2.24) is 0 Å². The molecular weight excluding hydrogens is 312 g/mol. The molecule has 0 unspecified atom stereocenters. The molecule has 1 aliphatic rings. The van der Waals surface area contributed by atoms with Gasteiger partial charge in [0.15, 0.2) is 0 Å². The molecule has 0 radical (unpaired) electrons. The summed E-state index contributed by atoms with van der Waals surface area (Å²) in [6.45, 7) is 2.08. The highest BCUT2D eigenvalue weighted by Gasteiger charge is 2.19. The summed E-state index contributed by atoms with van der Waals surface area (Å²) in [7, 11) is 0. The summed E-state index contributed by atoms with van der Waals surface area (Å²) in [5.41, 5.74) is 0. The minimum atomic E-state index is -0.408. The lowest BCUT2D eigenvalue weighted by Gasteiger charge is -1.99. The molecule has 3 heteroatoms. The molecule has 1 saturated heterocycles. The number of aliphatic hydroxyl groups is 1. The molecule has 0 amide bonds. The first-order chi connectivity index (χ1) is 12.2. The van der Waals surface area contributed by atoms with Crippen molar-refractivity contribution in [2.45, 2.75) is 57.7 Å². The van der Waals surface area contributed by atoms with Gasteiger partial charge in [0.05, 0.1) is 6.10 Å². The van der Waals surface area contributed by atoms with E-state index in [0.29, 0.717) is 12.8 Å². The molecule has 3 nitrogen and oxygen atoms in total. The van der Waals surface area contributed by atoms with E-state index in [1.165, 1.54) is 0 Å². The average Bonchev–Trinajstić information content (AvgIpc) is 3.01. The van der Waals surface area contributed by atoms with Crippen molar-refractivity contribution in [3.8, 4) is 0 Å². The van der Waals surface area contributed by atoms with Gasteiger partial charge in [-0.05, 0) is 38.2 Å². The van der Waals surface area contributed by atoms with E-state index in [0.717, 1.165) is 25.7 Å². The molecule has 1 heterocycles. The fourth-order valence-corrected chi connectivity index (χ4v) is 2.21. The minimum Gasteiger partial charge on any atom is -0.458 e. The topological polar surface area (TPSA) is 46.5 Å². The van der Waals surface area contributed by atoms with Gasteiger partial charge in [0, 0.05) is 6.42 Å². The molecule has 136 valence electrons. The van der Waals surface area contributed by atoms with E-state index in [4.69, 9.17) is 4.74 Å². The highest BCUT2D eigenvalue weighted by atomic mass is 16.5. The Labute approximate surface area is 151 Å². The number of allylic oxidation sites excluding steroid dienone is 9. The van der Waals surface area contributed by atoms with Gasteiger partial charge in [0.1, 0.15) is 6.10 Å². The summed E-state index contributed by atoms with van der Waals surface area (Å²) in [6, 6.07) is 0. The van der Waals surface area contributed by atoms with Crippen molar-refractivity contribution in [1.29, 1.82) is 0 Å². The molecule has 0 saturated carbocycles. The summed E-state index contributed by atoms with van der Waals surface area (Å²) in [6.07, 6.45) is 28.2. The normalized spacial score (nSPS) is 20.4.